The van der Waals surface area contributed by atoms with Gasteiger partial charge in [-0.15, -0.1) is 0 Å². The van der Waals surface area contributed by atoms with Crippen LogP contribution in [0.4, 0.5) is 13.2 Å². The van der Waals surface area contributed by atoms with E-state index in [0.717, 1.165) is 38.1 Å². The van der Waals surface area contributed by atoms with E-state index in [1.807, 2.05) is 13.1 Å². The van der Waals surface area contributed by atoms with Crippen LogP contribution in [-0.2, 0) is 10.1 Å². The predicted octanol–water partition coefficient (Wildman–Crippen LogP) is 2.60. The van der Waals surface area contributed by atoms with Gasteiger partial charge in [0.15, 0.2) is 0 Å². The van der Waals surface area contributed by atoms with Crippen molar-refractivity contribution in [3.05, 3.63) is 29.3 Å². The standard InChI is InChI=1S/C14H15F3N2O3S/c1-19-6-4-10(5-7-19)13-3-2-12(8-11(13)9-18)22-23(20,21)14(15,16)17/h2-3,8,10H,4-7H2,1H3. The predicted molar refractivity (Wildman–Crippen MR) is 76.2 cm³/mol. The molecule has 0 atom stereocenters. The van der Waals surface area contributed by atoms with Crippen molar-refractivity contribution in [1.82, 2.24) is 4.90 Å². The van der Waals surface area contributed by atoms with Gasteiger partial charge in [-0.2, -0.15) is 26.9 Å². The molecule has 1 fully saturated rings. The Bertz CT molecular complexity index is 718. The number of nitrogens with zero attached hydrogens (tertiary/aromatic N) is 2. The van der Waals surface area contributed by atoms with Crippen LogP contribution in [0.25, 0.3) is 0 Å². The Morgan fingerprint density at radius 3 is 2.43 bits per heavy atom. The highest BCUT2D eigenvalue weighted by Gasteiger charge is 2.48. The number of hydrogen-bond donors (Lipinski definition) is 0. The van der Waals surface area contributed by atoms with Crippen LogP contribution in [0, 0.1) is 11.3 Å². The van der Waals surface area contributed by atoms with Crippen LogP contribution in [0.1, 0.15) is 29.9 Å². The molecular weight excluding hydrogens is 333 g/mol. The van der Waals surface area contributed by atoms with E-state index in [0.29, 0.717) is 5.56 Å². The summed E-state index contributed by atoms with van der Waals surface area (Å²) in [6, 6.07) is 5.56. The fourth-order valence-electron chi connectivity index (χ4n) is 2.53. The average Bonchev–Trinajstić information content (AvgIpc) is 2.46. The summed E-state index contributed by atoms with van der Waals surface area (Å²) in [6.07, 6.45) is 1.65. The first kappa shape index (κ1) is 17.6. The van der Waals surface area contributed by atoms with Gasteiger partial charge >= 0.3 is 15.6 Å². The number of nitriles is 1. The van der Waals surface area contributed by atoms with E-state index in [4.69, 9.17) is 0 Å². The van der Waals surface area contributed by atoms with E-state index in [9.17, 15) is 26.9 Å². The Morgan fingerprint density at radius 2 is 1.91 bits per heavy atom. The maximum atomic E-state index is 12.3. The molecular formula is C14H15F3N2O3S. The van der Waals surface area contributed by atoms with Gasteiger partial charge in [0.05, 0.1) is 11.6 Å². The summed E-state index contributed by atoms with van der Waals surface area (Å²) in [6.45, 7) is 1.71. The number of rotatable bonds is 3. The number of alkyl halides is 3. The smallest absolute Gasteiger partial charge is 0.376 e. The molecule has 0 unspecified atom stereocenters. The molecule has 0 spiro atoms. The van der Waals surface area contributed by atoms with Gasteiger partial charge in [-0.1, -0.05) is 6.07 Å². The van der Waals surface area contributed by atoms with E-state index in [-0.39, 0.29) is 11.5 Å². The van der Waals surface area contributed by atoms with Gasteiger partial charge in [0.1, 0.15) is 5.75 Å². The number of benzene rings is 1. The van der Waals surface area contributed by atoms with Gasteiger partial charge in [-0.05, 0) is 56.6 Å². The van der Waals surface area contributed by atoms with Gasteiger partial charge in [0.25, 0.3) is 0 Å². The van der Waals surface area contributed by atoms with Gasteiger partial charge in [-0.3, -0.25) is 0 Å². The minimum absolute atomic E-state index is 0.120. The van der Waals surface area contributed by atoms with Crippen LogP contribution in [0.2, 0.25) is 0 Å². The summed E-state index contributed by atoms with van der Waals surface area (Å²) in [7, 11) is -3.75. The van der Waals surface area contributed by atoms with Crippen LogP contribution in [-0.4, -0.2) is 39.0 Å². The summed E-state index contributed by atoms with van der Waals surface area (Å²) in [5.74, 6) is -0.398. The minimum atomic E-state index is -5.74. The van der Waals surface area contributed by atoms with E-state index < -0.39 is 21.4 Å². The number of piperidine rings is 1. The summed E-state index contributed by atoms with van der Waals surface area (Å²) >= 11 is 0. The van der Waals surface area contributed by atoms with E-state index >= 15 is 0 Å². The summed E-state index contributed by atoms with van der Waals surface area (Å²) in [5.41, 5.74) is -4.67. The highest BCUT2D eigenvalue weighted by molar-refractivity contribution is 7.88. The zero-order chi connectivity index (χ0) is 17.3. The van der Waals surface area contributed by atoms with Crippen molar-refractivity contribution in [1.29, 1.82) is 5.26 Å². The van der Waals surface area contributed by atoms with Crippen LogP contribution in [0.5, 0.6) is 5.75 Å². The Balaban J connectivity index is 2.26. The van der Waals surface area contributed by atoms with Crippen molar-refractivity contribution in [2.45, 2.75) is 24.3 Å². The van der Waals surface area contributed by atoms with Crippen LogP contribution in [0.15, 0.2) is 18.2 Å². The van der Waals surface area contributed by atoms with Gasteiger partial charge in [0, 0.05) is 0 Å². The molecule has 1 aromatic rings. The third kappa shape index (κ3) is 3.95. The van der Waals surface area contributed by atoms with Crippen molar-refractivity contribution < 1.29 is 25.8 Å². The quantitative estimate of drug-likeness (QED) is 0.620. The Morgan fingerprint density at radius 1 is 1.30 bits per heavy atom. The second-order valence-corrected chi connectivity index (χ2v) is 6.96. The van der Waals surface area contributed by atoms with E-state index in [1.165, 1.54) is 6.07 Å². The lowest BCUT2D eigenvalue weighted by molar-refractivity contribution is -0.0500. The Kier molecular flexibility index (Phi) is 4.87. The lowest BCUT2D eigenvalue weighted by Crippen LogP contribution is -2.29. The van der Waals surface area contributed by atoms with Crippen LogP contribution in [0.3, 0.4) is 0 Å². The molecule has 0 bridgehead atoms. The van der Waals surface area contributed by atoms with Gasteiger partial charge in [0.2, 0.25) is 0 Å². The Hall–Kier alpha value is -1.79. The summed E-state index contributed by atoms with van der Waals surface area (Å²) in [5, 5.41) is 9.20. The molecule has 0 amide bonds. The maximum Gasteiger partial charge on any atom is 0.534 e. The topological polar surface area (TPSA) is 70.4 Å². The zero-order valence-corrected chi connectivity index (χ0v) is 13.1. The van der Waals surface area contributed by atoms with Crippen molar-refractivity contribution in [3.63, 3.8) is 0 Å². The first-order valence-corrected chi connectivity index (χ1v) is 8.28. The van der Waals surface area contributed by atoms with Crippen molar-refractivity contribution in [2.75, 3.05) is 20.1 Å². The van der Waals surface area contributed by atoms with Crippen LogP contribution < -0.4 is 4.18 Å². The van der Waals surface area contributed by atoms with Gasteiger partial charge in [-0.25, -0.2) is 0 Å². The summed E-state index contributed by atoms with van der Waals surface area (Å²) < 4.78 is 63.0. The molecule has 1 heterocycles. The molecule has 5 nitrogen and oxygen atoms in total. The van der Waals surface area contributed by atoms with Crippen molar-refractivity contribution >= 4 is 10.1 Å². The molecule has 0 aliphatic carbocycles. The fourth-order valence-corrected chi connectivity index (χ4v) is 2.99. The molecule has 0 aromatic heterocycles. The number of likely N-dealkylation sites (tertiary alicyclic amines) is 1. The molecule has 126 valence electrons. The normalized spacial score (nSPS) is 17.7. The fraction of sp³-hybridized carbons (Fsp3) is 0.500. The van der Waals surface area contributed by atoms with Crippen molar-refractivity contribution in [2.24, 2.45) is 0 Å². The molecule has 2 rings (SSSR count). The van der Waals surface area contributed by atoms with Crippen molar-refractivity contribution in [3.8, 4) is 11.8 Å². The monoisotopic (exact) mass is 348 g/mol. The zero-order valence-electron chi connectivity index (χ0n) is 12.3. The number of hydrogen-bond acceptors (Lipinski definition) is 5. The highest BCUT2D eigenvalue weighted by Crippen LogP contribution is 2.33. The van der Waals surface area contributed by atoms with E-state index in [1.54, 1.807) is 0 Å². The SMILES string of the molecule is CN1CCC(c2ccc(OS(=O)(=O)C(F)(F)F)cc2C#N)CC1. The third-order valence-electron chi connectivity index (χ3n) is 3.79. The number of halogens is 3. The molecule has 23 heavy (non-hydrogen) atoms. The summed E-state index contributed by atoms with van der Waals surface area (Å²) in [4.78, 5) is 2.15. The molecule has 1 aromatic carbocycles. The first-order chi connectivity index (χ1) is 10.6. The average molecular weight is 348 g/mol. The molecule has 0 saturated carbocycles. The second kappa shape index (κ2) is 6.37. The molecule has 1 saturated heterocycles. The maximum absolute atomic E-state index is 12.3. The van der Waals surface area contributed by atoms with Crippen LogP contribution >= 0.6 is 0 Å². The minimum Gasteiger partial charge on any atom is -0.376 e. The van der Waals surface area contributed by atoms with Gasteiger partial charge < -0.3 is 9.08 Å². The lowest BCUT2D eigenvalue weighted by Gasteiger charge is -2.29. The lowest BCUT2D eigenvalue weighted by atomic mass is 9.87. The molecule has 0 N–H and O–H groups in total. The molecule has 9 heteroatoms. The third-order valence-corrected chi connectivity index (χ3v) is 4.77. The first-order valence-electron chi connectivity index (χ1n) is 6.87. The highest BCUT2D eigenvalue weighted by atomic mass is 32.2. The molecule has 1 aliphatic heterocycles. The Labute approximate surface area is 132 Å². The molecule has 0 radical (unpaired) electrons. The largest absolute Gasteiger partial charge is 0.534 e. The second-order valence-electron chi connectivity index (χ2n) is 5.42. The molecule has 1 aliphatic rings. The van der Waals surface area contributed by atoms with E-state index in [2.05, 4.69) is 9.08 Å².